The van der Waals surface area contributed by atoms with Gasteiger partial charge in [-0.2, -0.15) is 23.5 Å². The van der Waals surface area contributed by atoms with Crippen LogP contribution < -0.4 is 15.0 Å². The highest BCUT2D eigenvalue weighted by atomic mass is 35.5. The molecule has 4 rings (SSSR count). The van der Waals surface area contributed by atoms with Crippen molar-refractivity contribution in [3.05, 3.63) is 81.0 Å². The van der Waals surface area contributed by atoms with Crippen molar-refractivity contribution in [1.82, 2.24) is 14.6 Å². The second kappa shape index (κ2) is 11.9. The van der Waals surface area contributed by atoms with Crippen LogP contribution in [-0.2, 0) is 28.9 Å². The molecule has 218 valence electrons. The molecule has 0 bridgehead atoms. The van der Waals surface area contributed by atoms with Gasteiger partial charge in [-0.1, -0.05) is 23.7 Å². The van der Waals surface area contributed by atoms with E-state index in [0.717, 1.165) is 12.1 Å². The van der Waals surface area contributed by atoms with Crippen LogP contribution >= 0.6 is 11.6 Å². The summed E-state index contributed by atoms with van der Waals surface area (Å²) in [6, 6.07) is 11.1. The third kappa shape index (κ3) is 6.36. The lowest BCUT2D eigenvalue weighted by Crippen LogP contribution is -2.51. The first-order chi connectivity index (χ1) is 19.8. The molecule has 0 radical (unpaired) electrons. The van der Waals surface area contributed by atoms with Crippen molar-refractivity contribution in [2.45, 2.75) is 32.2 Å². The van der Waals surface area contributed by atoms with E-state index in [4.69, 9.17) is 26.3 Å². The number of halogens is 4. The summed E-state index contributed by atoms with van der Waals surface area (Å²) in [5.74, 6) is -4.90. The van der Waals surface area contributed by atoms with Crippen molar-refractivity contribution in [3.8, 4) is 23.3 Å². The number of carbonyl (C=O) groups excluding carboxylic acids is 1. The molecule has 11 nitrogen and oxygen atoms in total. The van der Waals surface area contributed by atoms with Gasteiger partial charge in [-0.15, -0.1) is 0 Å². The zero-order valence-corrected chi connectivity index (χ0v) is 22.7. The van der Waals surface area contributed by atoms with Gasteiger partial charge in [0.05, 0.1) is 44.2 Å². The third-order valence-corrected chi connectivity index (χ3v) is 6.56. The number of benzene rings is 2. The Hall–Kier alpha value is -4.90. The van der Waals surface area contributed by atoms with Crippen molar-refractivity contribution in [2.75, 3.05) is 7.11 Å². The maximum absolute atomic E-state index is 13.8. The Morgan fingerprint density at radius 2 is 1.83 bits per heavy atom. The van der Waals surface area contributed by atoms with Crippen molar-refractivity contribution in [1.29, 1.82) is 5.26 Å². The Balaban J connectivity index is 1.75. The number of Topliss-reactive ketones (excluding diaryl/α,β-unsaturated/α-hetero) is 1. The number of aromatic nitrogens is 2. The third-order valence-electron chi connectivity index (χ3n) is 6.34. The molecule has 15 heteroatoms. The van der Waals surface area contributed by atoms with Crippen LogP contribution in [0, 0.1) is 17.2 Å². The van der Waals surface area contributed by atoms with E-state index < -0.39 is 59.1 Å². The second-order valence-electron chi connectivity index (χ2n) is 9.16. The fourth-order valence-corrected chi connectivity index (χ4v) is 4.46. The zero-order valence-electron chi connectivity index (χ0n) is 21.9. The van der Waals surface area contributed by atoms with Gasteiger partial charge in [-0.05, 0) is 42.8 Å². The summed E-state index contributed by atoms with van der Waals surface area (Å²) < 4.78 is 52.3. The number of nitriles is 1. The minimum Gasteiger partial charge on any atom is -0.497 e. The monoisotopic (exact) mass is 603 g/mol. The normalized spacial score (nSPS) is 16.9. The van der Waals surface area contributed by atoms with Crippen molar-refractivity contribution in [2.24, 2.45) is 11.0 Å². The SMILES string of the molecule is COc1ccc(CN2N=C(Cn3cnc(C(F)(F)F)c(Oc4cc(Cl)cc(C#N)c4)c3=O)C(=O)C(C(=O)O)C2C)cc1. The number of alkyl halides is 3. The predicted octanol–water partition coefficient (Wildman–Crippen LogP) is 4.12. The molecule has 0 saturated carbocycles. The zero-order chi connectivity index (χ0) is 30.8. The van der Waals surface area contributed by atoms with Crippen molar-refractivity contribution >= 4 is 29.1 Å². The van der Waals surface area contributed by atoms with Crippen LogP contribution in [0.1, 0.15) is 23.7 Å². The summed E-state index contributed by atoms with van der Waals surface area (Å²) in [6.45, 7) is 0.878. The molecule has 1 aliphatic heterocycles. The van der Waals surface area contributed by atoms with Gasteiger partial charge in [0, 0.05) is 5.02 Å². The van der Waals surface area contributed by atoms with Gasteiger partial charge in [0.15, 0.2) is 11.5 Å². The first kappa shape index (κ1) is 30.1. The Labute approximate surface area is 241 Å². The van der Waals surface area contributed by atoms with Gasteiger partial charge in [0.1, 0.15) is 23.1 Å². The molecule has 0 amide bonds. The highest BCUT2D eigenvalue weighted by molar-refractivity contribution is 6.43. The molecule has 3 aromatic rings. The van der Waals surface area contributed by atoms with E-state index in [1.165, 1.54) is 25.1 Å². The van der Waals surface area contributed by atoms with Crippen LogP contribution in [0.3, 0.4) is 0 Å². The lowest BCUT2D eigenvalue weighted by molar-refractivity contribution is -0.148. The van der Waals surface area contributed by atoms with E-state index in [-0.39, 0.29) is 22.9 Å². The summed E-state index contributed by atoms with van der Waals surface area (Å²) in [7, 11) is 1.49. The number of aliphatic carboxylic acids is 1. The van der Waals surface area contributed by atoms with Gasteiger partial charge in [0.2, 0.25) is 5.75 Å². The van der Waals surface area contributed by atoms with Crippen LogP contribution in [0.4, 0.5) is 13.2 Å². The summed E-state index contributed by atoms with van der Waals surface area (Å²) in [5.41, 5.74) is -2.72. The van der Waals surface area contributed by atoms with Gasteiger partial charge in [0.25, 0.3) is 5.56 Å². The highest BCUT2D eigenvalue weighted by Gasteiger charge is 2.43. The number of carbonyl (C=O) groups is 2. The van der Waals surface area contributed by atoms with Crippen LogP contribution in [0.25, 0.3) is 0 Å². The number of carboxylic acid groups (broad SMARTS) is 1. The van der Waals surface area contributed by atoms with Crippen LogP contribution in [0.15, 0.2) is 58.7 Å². The molecule has 0 aliphatic carbocycles. The maximum atomic E-state index is 13.8. The van der Waals surface area contributed by atoms with E-state index in [9.17, 15) is 32.7 Å². The number of carboxylic acids is 1. The largest absolute Gasteiger partial charge is 0.497 e. The minimum atomic E-state index is -5.11. The molecule has 0 spiro atoms. The number of hydrogen-bond donors (Lipinski definition) is 1. The second-order valence-corrected chi connectivity index (χ2v) is 9.59. The van der Waals surface area contributed by atoms with E-state index in [0.29, 0.717) is 22.2 Å². The average molecular weight is 604 g/mol. The van der Waals surface area contributed by atoms with E-state index in [2.05, 4.69) is 10.1 Å². The van der Waals surface area contributed by atoms with E-state index in [1.807, 2.05) is 0 Å². The number of methoxy groups -OCH3 is 1. The van der Waals surface area contributed by atoms with E-state index >= 15 is 0 Å². The smallest absolute Gasteiger partial charge is 0.437 e. The lowest BCUT2D eigenvalue weighted by atomic mass is 9.91. The number of ketones is 1. The highest BCUT2D eigenvalue weighted by Crippen LogP contribution is 2.35. The Bertz CT molecular complexity index is 1670. The molecular formula is C27H21ClF3N5O6. The standard InChI is InChI=1S/C27H21ClF3N5O6/c1-14-21(26(39)40)22(37)20(34-36(14)11-15-3-5-18(41-2)6-4-15)12-35-13-33-24(27(29,30)31)23(25(35)38)42-19-8-16(10-32)7-17(28)9-19/h3-9,13-14,21H,11-12H2,1-2H3,(H,39,40). The molecule has 1 aliphatic rings. The molecule has 0 fully saturated rings. The summed E-state index contributed by atoms with van der Waals surface area (Å²) in [6.07, 6.45) is -4.55. The summed E-state index contributed by atoms with van der Waals surface area (Å²) in [4.78, 5) is 41.8. The fraction of sp³-hybridized carbons (Fsp3) is 0.259. The number of nitrogens with zero attached hydrogens (tertiary/aromatic N) is 5. The van der Waals surface area contributed by atoms with Crippen LogP contribution in [0.5, 0.6) is 17.2 Å². The molecule has 2 heterocycles. The molecule has 1 N–H and O–H groups in total. The van der Waals surface area contributed by atoms with Gasteiger partial charge < -0.3 is 14.6 Å². The summed E-state index contributed by atoms with van der Waals surface area (Å²) >= 11 is 5.91. The first-order valence-corrected chi connectivity index (χ1v) is 12.5. The van der Waals surface area contributed by atoms with Gasteiger partial charge in [-0.25, -0.2) is 4.98 Å². The molecule has 1 aromatic heterocycles. The molecule has 0 saturated heterocycles. The fourth-order valence-electron chi connectivity index (χ4n) is 4.23. The first-order valence-electron chi connectivity index (χ1n) is 12.1. The minimum absolute atomic E-state index is 0.0326. The molecular weight excluding hydrogens is 583 g/mol. The van der Waals surface area contributed by atoms with Crippen LogP contribution in [-0.4, -0.2) is 50.3 Å². The number of rotatable bonds is 8. The average Bonchev–Trinajstić information content (AvgIpc) is 2.92. The molecule has 2 atom stereocenters. The predicted molar refractivity (Wildman–Crippen MR) is 141 cm³/mol. The molecule has 2 aromatic carbocycles. The maximum Gasteiger partial charge on any atom is 0.437 e. The number of ether oxygens (including phenoxy) is 2. The summed E-state index contributed by atoms with van der Waals surface area (Å²) in [5, 5.41) is 24.5. The Kier molecular flexibility index (Phi) is 8.53. The van der Waals surface area contributed by atoms with Crippen LogP contribution in [0.2, 0.25) is 5.02 Å². The van der Waals surface area contributed by atoms with Crippen molar-refractivity contribution in [3.63, 3.8) is 0 Å². The van der Waals surface area contributed by atoms with Crippen molar-refractivity contribution < 1.29 is 37.3 Å². The Morgan fingerprint density at radius 3 is 2.43 bits per heavy atom. The molecule has 2 unspecified atom stereocenters. The topological polar surface area (TPSA) is 147 Å². The molecule has 42 heavy (non-hydrogen) atoms. The van der Waals surface area contributed by atoms with E-state index in [1.54, 1.807) is 30.3 Å². The number of hydrazone groups is 1. The lowest BCUT2D eigenvalue weighted by Gasteiger charge is -2.35. The Morgan fingerprint density at radius 1 is 1.14 bits per heavy atom. The number of hydrogen-bond acceptors (Lipinski definition) is 9. The van der Waals surface area contributed by atoms with Gasteiger partial charge in [-0.3, -0.25) is 24.0 Å². The van der Waals surface area contributed by atoms with Gasteiger partial charge >= 0.3 is 12.1 Å². The quantitative estimate of drug-likeness (QED) is 0.376.